The molecule has 1 aromatic heterocycles. The molecule has 2 rings (SSSR count). The lowest BCUT2D eigenvalue weighted by Crippen LogP contribution is -2.09. The van der Waals surface area contributed by atoms with Crippen molar-refractivity contribution >= 4 is 33.0 Å². The first kappa shape index (κ1) is 13.0. The second kappa shape index (κ2) is 5.47. The van der Waals surface area contributed by atoms with Gasteiger partial charge in [-0.2, -0.15) is 5.26 Å². The van der Waals surface area contributed by atoms with Crippen LogP contribution in [0.1, 0.15) is 26.7 Å². The molecule has 1 atom stereocenters. The van der Waals surface area contributed by atoms with Gasteiger partial charge in [-0.15, -0.1) is 11.3 Å². The monoisotopic (exact) mass is 319 g/mol. The number of hydrogen-bond acceptors (Lipinski definition) is 3. The molecule has 0 saturated carbocycles. The van der Waals surface area contributed by atoms with Crippen LogP contribution in [0.4, 0.5) is 0 Å². The van der Waals surface area contributed by atoms with Gasteiger partial charge in [-0.25, -0.2) is 0 Å². The lowest BCUT2D eigenvalue weighted by molar-refractivity contribution is 0.0983. The maximum atomic E-state index is 12.3. The summed E-state index contributed by atoms with van der Waals surface area (Å²) in [7, 11) is 0. The van der Waals surface area contributed by atoms with Crippen molar-refractivity contribution in [3.63, 3.8) is 0 Å². The van der Waals surface area contributed by atoms with Crippen molar-refractivity contribution in [1.82, 2.24) is 0 Å². The van der Waals surface area contributed by atoms with Gasteiger partial charge in [0.1, 0.15) is 5.92 Å². The largest absolute Gasteiger partial charge is 0.291 e. The van der Waals surface area contributed by atoms with Crippen molar-refractivity contribution in [2.24, 2.45) is 0 Å². The molecule has 90 valence electrons. The Labute approximate surface area is 118 Å². The van der Waals surface area contributed by atoms with Gasteiger partial charge in [0.05, 0.1) is 14.7 Å². The van der Waals surface area contributed by atoms with E-state index in [9.17, 15) is 10.1 Å². The number of benzene rings is 1. The zero-order chi connectivity index (χ0) is 13.1. The van der Waals surface area contributed by atoms with Gasteiger partial charge in [0.25, 0.3) is 0 Å². The van der Waals surface area contributed by atoms with Crippen LogP contribution in [-0.2, 0) is 0 Å². The van der Waals surface area contributed by atoms with Crippen LogP contribution in [0.3, 0.4) is 0 Å². The Bertz CT molecular complexity index is 627. The quantitative estimate of drug-likeness (QED) is 0.791. The summed E-state index contributed by atoms with van der Waals surface area (Å²) in [5.74, 6) is -0.866. The average Bonchev–Trinajstić information content (AvgIpc) is 2.77. The summed E-state index contributed by atoms with van der Waals surface area (Å²) in [5, 5.41) is 9.23. The molecule has 0 fully saturated rings. The Morgan fingerprint density at radius 2 is 2.17 bits per heavy atom. The topological polar surface area (TPSA) is 40.9 Å². The van der Waals surface area contributed by atoms with Gasteiger partial charge in [0.2, 0.25) is 0 Å². The molecular weight excluding hydrogens is 310 g/mol. The van der Waals surface area contributed by atoms with E-state index in [0.29, 0.717) is 4.88 Å². The SMILES string of the molecule is Cc1cccc(C(C#N)C(=O)c2ccc(Br)s2)c1. The van der Waals surface area contributed by atoms with E-state index in [-0.39, 0.29) is 5.78 Å². The number of Topliss-reactive ketones (excluding diaryl/α,β-unsaturated/α-hetero) is 1. The fourth-order valence-corrected chi connectivity index (χ4v) is 3.08. The minimum atomic E-state index is -0.726. The number of carbonyl (C=O) groups is 1. The van der Waals surface area contributed by atoms with Gasteiger partial charge in [-0.05, 0) is 40.5 Å². The highest BCUT2D eigenvalue weighted by molar-refractivity contribution is 9.11. The van der Waals surface area contributed by atoms with E-state index in [1.54, 1.807) is 6.07 Å². The lowest BCUT2D eigenvalue weighted by Gasteiger charge is -2.07. The number of ketones is 1. The molecule has 0 spiro atoms. The van der Waals surface area contributed by atoms with E-state index >= 15 is 0 Å². The zero-order valence-corrected chi connectivity index (χ0v) is 12.1. The predicted octanol–water partition coefficient (Wildman–Crippen LogP) is 4.31. The molecule has 18 heavy (non-hydrogen) atoms. The second-order valence-electron chi connectivity index (χ2n) is 3.94. The van der Waals surface area contributed by atoms with Crippen molar-refractivity contribution in [3.05, 3.63) is 56.2 Å². The third kappa shape index (κ3) is 2.69. The van der Waals surface area contributed by atoms with Crippen LogP contribution in [0.5, 0.6) is 0 Å². The first-order valence-electron chi connectivity index (χ1n) is 5.37. The van der Waals surface area contributed by atoms with Crippen molar-refractivity contribution in [2.75, 3.05) is 0 Å². The second-order valence-corrected chi connectivity index (χ2v) is 6.41. The highest BCUT2D eigenvalue weighted by Gasteiger charge is 2.23. The molecule has 0 aliphatic heterocycles. The van der Waals surface area contributed by atoms with Crippen LogP contribution < -0.4 is 0 Å². The van der Waals surface area contributed by atoms with Crippen LogP contribution in [0.2, 0.25) is 0 Å². The molecule has 2 nitrogen and oxygen atoms in total. The number of halogens is 1. The van der Waals surface area contributed by atoms with Crippen LogP contribution in [0, 0.1) is 18.3 Å². The maximum absolute atomic E-state index is 12.3. The maximum Gasteiger partial charge on any atom is 0.194 e. The van der Waals surface area contributed by atoms with Crippen molar-refractivity contribution in [2.45, 2.75) is 12.8 Å². The summed E-state index contributed by atoms with van der Waals surface area (Å²) in [4.78, 5) is 12.9. The molecule has 0 aliphatic rings. The summed E-state index contributed by atoms with van der Waals surface area (Å²) in [6, 6.07) is 13.2. The molecular formula is C14H10BrNOS. The number of nitriles is 1. The molecule has 0 radical (unpaired) electrons. The number of rotatable bonds is 3. The first-order chi connectivity index (χ1) is 8.61. The standard InChI is InChI=1S/C14H10BrNOS/c1-9-3-2-4-10(7-9)11(8-16)14(17)12-5-6-13(15)18-12/h2-7,11H,1H3. The van der Waals surface area contributed by atoms with Crippen LogP contribution >= 0.6 is 27.3 Å². The summed E-state index contributed by atoms with van der Waals surface area (Å²) >= 11 is 4.68. The average molecular weight is 320 g/mol. The molecule has 1 heterocycles. The third-order valence-corrected chi connectivity index (χ3v) is 4.22. The number of carbonyl (C=O) groups excluding carboxylic acids is 1. The first-order valence-corrected chi connectivity index (χ1v) is 6.98. The molecule has 0 amide bonds. The van der Waals surface area contributed by atoms with Gasteiger partial charge in [-0.1, -0.05) is 29.8 Å². The van der Waals surface area contributed by atoms with E-state index in [1.807, 2.05) is 37.3 Å². The number of thiophene rings is 1. The minimum Gasteiger partial charge on any atom is -0.291 e. The Balaban J connectivity index is 2.35. The fraction of sp³-hybridized carbons (Fsp3) is 0.143. The number of nitrogens with zero attached hydrogens (tertiary/aromatic N) is 1. The van der Waals surface area contributed by atoms with Crippen LogP contribution in [0.25, 0.3) is 0 Å². The smallest absolute Gasteiger partial charge is 0.194 e. The highest BCUT2D eigenvalue weighted by Crippen LogP contribution is 2.28. The van der Waals surface area contributed by atoms with Gasteiger partial charge in [-0.3, -0.25) is 4.79 Å². The van der Waals surface area contributed by atoms with Gasteiger partial charge in [0, 0.05) is 0 Å². The molecule has 0 N–H and O–H groups in total. The minimum absolute atomic E-state index is 0.140. The lowest BCUT2D eigenvalue weighted by atomic mass is 9.94. The predicted molar refractivity (Wildman–Crippen MR) is 75.9 cm³/mol. The zero-order valence-electron chi connectivity index (χ0n) is 9.68. The molecule has 0 bridgehead atoms. The molecule has 2 aromatic rings. The van der Waals surface area contributed by atoms with E-state index < -0.39 is 5.92 Å². The summed E-state index contributed by atoms with van der Waals surface area (Å²) in [6.45, 7) is 1.95. The molecule has 4 heteroatoms. The highest BCUT2D eigenvalue weighted by atomic mass is 79.9. The Morgan fingerprint density at radius 3 is 2.72 bits per heavy atom. The van der Waals surface area contributed by atoms with Crippen molar-refractivity contribution in [3.8, 4) is 6.07 Å². The Kier molecular flexibility index (Phi) is 3.95. The molecule has 1 aromatic carbocycles. The Morgan fingerprint density at radius 1 is 1.39 bits per heavy atom. The van der Waals surface area contributed by atoms with Crippen molar-refractivity contribution in [1.29, 1.82) is 5.26 Å². The third-order valence-electron chi connectivity index (χ3n) is 2.58. The summed E-state index contributed by atoms with van der Waals surface area (Å²) < 4.78 is 0.895. The number of aryl methyl sites for hydroxylation is 1. The summed E-state index contributed by atoms with van der Waals surface area (Å²) in [5.41, 5.74) is 1.81. The van der Waals surface area contributed by atoms with E-state index in [2.05, 4.69) is 22.0 Å². The van der Waals surface area contributed by atoms with E-state index in [4.69, 9.17) is 0 Å². The Hall–Kier alpha value is -1.44. The van der Waals surface area contributed by atoms with E-state index in [1.165, 1.54) is 11.3 Å². The number of hydrogen-bond donors (Lipinski definition) is 0. The van der Waals surface area contributed by atoms with Gasteiger partial charge in [0.15, 0.2) is 5.78 Å². The molecule has 0 saturated heterocycles. The van der Waals surface area contributed by atoms with Gasteiger partial charge >= 0.3 is 0 Å². The van der Waals surface area contributed by atoms with Crippen LogP contribution in [-0.4, -0.2) is 5.78 Å². The normalized spacial score (nSPS) is 11.8. The fourth-order valence-electron chi connectivity index (χ4n) is 1.72. The summed E-state index contributed by atoms with van der Waals surface area (Å²) in [6.07, 6.45) is 0. The van der Waals surface area contributed by atoms with E-state index in [0.717, 1.165) is 14.9 Å². The van der Waals surface area contributed by atoms with Crippen LogP contribution in [0.15, 0.2) is 40.2 Å². The van der Waals surface area contributed by atoms with Gasteiger partial charge < -0.3 is 0 Å². The molecule has 0 aliphatic carbocycles. The van der Waals surface area contributed by atoms with Crippen molar-refractivity contribution < 1.29 is 4.79 Å². The molecule has 1 unspecified atom stereocenters.